The molecule has 108 valence electrons. The number of carbonyl (C=O) groups is 1. The molecule has 0 unspecified atom stereocenters. The Kier molecular flexibility index (Phi) is 3.76. The Balaban J connectivity index is 1.45. The van der Waals surface area contributed by atoms with E-state index in [1.54, 1.807) is 12.1 Å². The molecule has 2 heterocycles. The highest BCUT2D eigenvalue weighted by atomic mass is 16.5. The van der Waals surface area contributed by atoms with Crippen LogP contribution in [0, 0.1) is 5.41 Å². The van der Waals surface area contributed by atoms with Crippen molar-refractivity contribution >= 4 is 5.97 Å². The van der Waals surface area contributed by atoms with Gasteiger partial charge in [-0.2, -0.15) is 0 Å². The molecule has 0 saturated carbocycles. The number of hydrogen-bond donors (Lipinski definition) is 1. The van der Waals surface area contributed by atoms with Crippen LogP contribution in [0.4, 0.5) is 0 Å². The number of aromatic carboxylic acids is 1. The Morgan fingerprint density at radius 1 is 1.20 bits per heavy atom. The predicted octanol–water partition coefficient (Wildman–Crippen LogP) is 2.04. The summed E-state index contributed by atoms with van der Waals surface area (Å²) in [7, 11) is 0. The van der Waals surface area contributed by atoms with Gasteiger partial charge in [-0.3, -0.25) is 0 Å². The lowest BCUT2D eigenvalue weighted by Gasteiger charge is -2.52. The minimum atomic E-state index is -0.860. The highest BCUT2D eigenvalue weighted by Gasteiger charge is 2.43. The van der Waals surface area contributed by atoms with Gasteiger partial charge in [0.25, 0.3) is 0 Å². The quantitative estimate of drug-likeness (QED) is 0.913. The molecule has 2 saturated heterocycles. The van der Waals surface area contributed by atoms with E-state index in [1.165, 1.54) is 31.5 Å². The summed E-state index contributed by atoms with van der Waals surface area (Å²) in [5.74, 6) is -0.860. The van der Waals surface area contributed by atoms with Gasteiger partial charge < -0.3 is 14.7 Å². The van der Waals surface area contributed by atoms with Crippen molar-refractivity contribution in [2.45, 2.75) is 19.3 Å². The van der Waals surface area contributed by atoms with Crippen LogP contribution < -0.4 is 0 Å². The Hall–Kier alpha value is -1.39. The van der Waals surface area contributed by atoms with Crippen LogP contribution in [0.2, 0.25) is 0 Å². The number of benzene rings is 1. The first-order chi connectivity index (χ1) is 9.67. The third-order valence-corrected chi connectivity index (χ3v) is 4.59. The van der Waals surface area contributed by atoms with Gasteiger partial charge >= 0.3 is 5.97 Å². The molecular weight excluding hydrogens is 254 g/mol. The Morgan fingerprint density at radius 3 is 2.45 bits per heavy atom. The molecule has 0 aliphatic carbocycles. The minimum Gasteiger partial charge on any atom is -0.478 e. The highest BCUT2D eigenvalue weighted by Crippen LogP contribution is 2.39. The summed E-state index contributed by atoms with van der Waals surface area (Å²) in [6, 6.07) is 7.22. The Labute approximate surface area is 119 Å². The van der Waals surface area contributed by atoms with E-state index in [1.807, 2.05) is 12.1 Å². The number of carboxylic acids is 1. The summed E-state index contributed by atoms with van der Waals surface area (Å²) in [5, 5.41) is 8.86. The summed E-state index contributed by atoms with van der Waals surface area (Å²) in [5.41, 5.74) is 2.10. The van der Waals surface area contributed by atoms with E-state index in [0.717, 1.165) is 26.2 Å². The van der Waals surface area contributed by atoms with Crippen LogP contribution in [-0.4, -0.2) is 48.8 Å². The first kappa shape index (κ1) is 13.6. The molecule has 2 aliphatic heterocycles. The van der Waals surface area contributed by atoms with E-state index >= 15 is 0 Å². The molecule has 4 heteroatoms. The van der Waals surface area contributed by atoms with Gasteiger partial charge in [0.05, 0.1) is 5.56 Å². The molecule has 0 radical (unpaired) electrons. The van der Waals surface area contributed by atoms with Gasteiger partial charge in [-0.05, 0) is 37.0 Å². The zero-order valence-electron chi connectivity index (χ0n) is 11.7. The number of likely N-dealkylation sites (tertiary alicyclic amines) is 1. The van der Waals surface area contributed by atoms with Gasteiger partial charge in [0.15, 0.2) is 0 Å². The molecular formula is C16H21NO3. The van der Waals surface area contributed by atoms with Crippen molar-refractivity contribution in [3.05, 3.63) is 35.4 Å². The molecule has 1 aromatic rings. The summed E-state index contributed by atoms with van der Waals surface area (Å²) in [6.07, 6.45) is 3.40. The largest absolute Gasteiger partial charge is 0.478 e. The van der Waals surface area contributed by atoms with E-state index in [2.05, 4.69) is 4.90 Å². The number of ether oxygens (including phenoxy) is 1. The molecule has 0 bridgehead atoms. The fraction of sp³-hybridized carbons (Fsp3) is 0.562. The Bertz CT molecular complexity index is 469. The van der Waals surface area contributed by atoms with Gasteiger partial charge in [-0.15, -0.1) is 0 Å². The number of hydrogen-bond acceptors (Lipinski definition) is 3. The zero-order chi connectivity index (χ0) is 14.0. The second kappa shape index (κ2) is 5.54. The molecule has 3 rings (SSSR count). The van der Waals surface area contributed by atoms with Crippen LogP contribution in [0.1, 0.15) is 28.8 Å². The molecule has 1 aromatic carbocycles. The van der Waals surface area contributed by atoms with Gasteiger partial charge in [-0.25, -0.2) is 4.79 Å². The van der Waals surface area contributed by atoms with Gasteiger partial charge in [-0.1, -0.05) is 12.1 Å². The van der Waals surface area contributed by atoms with Crippen LogP contribution in [0.5, 0.6) is 0 Å². The molecule has 0 atom stereocenters. The molecule has 1 spiro atoms. The van der Waals surface area contributed by atoms with Crippen molar-refractivity contribution in [1.29, 1.82) is 0 Å². The van der Waals surface area contributed by atoms with Gasteiger partial charge in [0.2, 0.25) is 0 Å². The normalized spacial score (nSPS) is 21.6. The zero-order valence-corrected chi connectivity index (χ0v) is 11.7. The van der Waals surface area contributed by atoms with Crippen molar-refractivity contribution in [2.24, 2.45) is 5.41 Å². The van der Waals surface area contributed by atoms with E-state index in [0.29, 0.717) is 11.0 Å². The maximum atomic E-state index is 10.8. The summed E-state index contributed by atoms with van der Waals surface area (Å²) in [4.78, 5) is 13.3. The van der Waals surface area contributed by atoms with Crippen LogP contribution in [0.25, 0.3) is 0 Å². The smallest absolute Gasteiger partial charge is 0.335 e. The lowest BCUT2D eigenvalue weighted by molar-refractivity contribution is -0.0797. The third kappa shape index (κ3) is 2.86. The molecule has 1 N–H and O–H groups in total. The average molecular weight is 275 g/mol. The first-order valence-corrected chi connectivity index (χ1v) is 7.29. The lowest BCUT2D eigenvalue weighted by atomic mass is 9.73. The van der Waals surface area contributed by atoms with Crippen molar-refractivity contribution in [3.8, 4) is 0 Å². The number of rotatable bonds is 4. The molecule has 0 aromatic heterocycles. The monoisotopic (exact) mass is 275 g/mol. The van der Waals surface area contributed by atoms with Crippen molar-refractivity contribution in [1.82, 2.24) is 4.90 Å². The molecule has 4 nitrogen and oxygen atoms in total. The number of carboxylic acid groups (broad SMARTS) is 1. The molecule has 2 fully saturated rings. The predicted molar refractivity (Wildman–Crippen MR) is 76.0 cm³/mol. The molecule has 2 aliphatic rings. The summed E-state index contributed by atoms with van der Waals surface area (Å²) in [6.45, 7) is 5.30. The molecule has 0 amide bonds. The van der Waals surface area contributed by atoms with Gasteiger partial charge in [0.1, 0.15) is 0 Å². The highest BCUT2D eigenvalue weighted by molar-refractivity contribution is 5.87. The van der Waals surface area contributed by atoms with Crippen LogP contribution in [0.15, 0.2) is 24.3 Å². The van der Waals surface area contributed by atoms with Crippen LogP contribution in [-0.2, 0) is 11.2 Å². The Morgan fingerprint density at radius 2 is 1.85 bits per heavy atom. The third-order valence-electron chi connectivity index (χ3n) is 4.59. The lowest BCUT2D eigenvalue weighted by Crippen LogP contribution is -2.58. The van der Waals surface area contributed by atoms with E-state index in [-0.39, 0.29) is 0 Å². The van der Waals surface area contributed by atoms with Crippen LogP contribution in [0.3, 0.4) is 0 Å². The van der Waals surface area contributed by atoms with Crippen LogP contribution >= 0.6 is 0 Å². The van der Waals surface area contributed by atoms with Gasteiger partial charge in [0, 0.05) is 38.3 Å². The maximum Gasteiger partial charge on any atom is 0.335 e. The van der Waals surface area contributed by atoms with E-state index in [4.69, 9.17) is 9.84 Å². The first-order valence-electron chi connectivity index (χ1n) is 7.29. The van der Waals surface area contributed by atoms with Crippen molar-refractivity contribution in [3.63, 3.8) is 0 Å². The van der Waals surface area contributed by atoms with E-state index in [9.17, 15) is 4.79 Å². The fourth-order valence-electron chi connectivity index (χ4n) is 3.28. The average Bonchev–Trinajstić information content (AvgIpc) is 2.44. The fourth-order valence-corrected chi connectivity index (χ4v) is 3.28. The minimum absolute atomic E-state index is 0.360. The van der Waals surface area contributed by atoms with E-state index < -0.39 is 5.97 Å². The number of nitrogens with zero attached hydrogens (tertiary/aromatic N) is 1. The van der Waals surface area contributed by atoms with Crippen molar-refractivity contribution in [2.75, 3.05) is 32.8 Å². The maximum absolute atomic E-state index is 10.8. The summed E-state index contributed by atoms with van der Waals surface area (Å²) < 4.78 is 5.43. The SMILES string of the molecule is O=C(O)c1ccc(CCN2CC3(CCOCC3)C2)cc1. The van der Waals surface area contributed by atoms with Crippen molar-refractivity contribution < 1.29 is 14.6 Å². The second-order valence-electron chi connectivity index (χ2n) is 6.08. The molecule has 20 heavy (non-hydrogen) atoms. The summed E-state index contributed by atoms with van der Waals surface area (Å²) >= 11 is 0. The standard InChI is InChI=1S/C16H21NO3/c18-15(19)14-3-1-13(2-4-14)5-8-17-11-16(12-17)6-9-20-10-7-16/h1-4H,5-12H2,(H,18,19). The topological polar surface area (TPSA) is 49.8 Å². The second-order valence-corrected chi connectivity index (χ2v) is 6.08.